The highest BCUT2D eigenvalue weighted by molar-refractivity contribution is 5.97. The number of benzene rings is 1. The van der Waals surface area contributed by atoms with Gasteiger partial charge in [0.25, 0.3) is 0 Å². The van der Waals surface area contributed by atoms with Gasteiger partial charge in [-0.1, -0.05) is 25.1 Å². The Kier molecular flexibility index (Phi) is 3.39. The van der Waals surface area contributed by atoms with Crippen molar-refractivity contribution in [2.45, 2.75) is 18.8 Å². The average Bonchev–Trinajstić information content (AvgIpc) is 2.49. The Hall–Kier alpha value is -1.98. The number of hydrogen-bond donors (Lipinski definition) is 1. The molecule has 1 amide bonds. The summed E-state index contributed by atoms with van der Waals surface area (Å²) in [7, 11) is 0. The van der Waals surface area contributed by atoms with E-state index in [0.717, 1.165) is 6.08 Å². The third kappa shape index (κ3) is 2.28. The van der Waals surface area contributed by atoms with E-state index in [-0.39, 0.29) is 18.4 Å². The van der Waals surface area contributed by atoms with E-state index >= 15 is 0 Å². The number of nitrogens with zero attached hydrogens (tertiary/aromatic N) is 1. The summed E-state index contributed by atoms with van der Waals surface area (Å²) in [6, 6.07) is 8.98. The van der Waals surface area contributed by atoms with Gasteiger partial charge < -0.3 is 9.84 Å². The Morgan fingerprint density at radius 2 is 2.10 bits per heavy atom. The maximum absolute atomic E-state index is 13.9. The summed E-state index contributed by atoms with van der Waals surface area (Å²) in [6.07, 6.45) is 2.70. The van der Waals surface area contributed by atoms with Crippen LogP contribution in [0.1, 0.15) is 6.92 Å². The number of rotatable bonds is 1. The van der Waals surface area contributed by atoms with Crippen molar-refractivity contribution in [3.63, 3.8) is 0 Å². The minimum atomic E-state index is -1.31. The molecule has 3 unspecified atom stereocenters. The first-order valence-electron chi connectivity index (χ1n) is 6.82. The monoisotopic (exact) mass is 289 g/mol. The van der Waals surface area contributed by atoms with E-state index in [1.54, 1.807) is 31.2 Å². The van der Waals surface area contributed by atoms with Crippen LogP contribution < -0.4 is 4.90 Å². The van der Waals surface area contributed by atoms with E-state index in [9.17, 15) is 14.3 Å². The van der Waals surface area contributed by atoms with Crippen LogP contribution in [0.5, 0.6) is 0 Å². The fourth-order valence-electron chi connectivity index (χ4n) is 2.57. The number of anilines is 1. The molecule has 1 fully saturated rings. The molecule has 1 N–H and O–H groups in total. The molecule has 1 heterocycles. The van der Waals surface area contributed by atoms with Gasteiger partial charge in [-0.15, -0.1) is 0 Å². The predicted octanol–water partition coefficient (Wildman–Crippen LogP) is 2.17. The second kappa shape index (κ2) is 5.09. The number of halogens is 1. The predicted molar refractivity (Wildman–Crippen MR) is 76.1 cm³/mol. The van der Waals surface area contributed by atoms with Gasteiger partial charge in [-0.3, -0.25) is 9.69 Å². The van der Waals surface area contributed by atoms with Crippen LogP contribution in [0.3, 0.4) is 0 Å². The number of aliphatic hydroxyl groups is 1. The summed E-state index contributed by atoms with van der Waals surface area (Å²) in [6.45, 7) is 1.97. The van der Waals surface area contributed by atoms with E-state index in [4.69, 9.17) is 4.74 Å². The van der Waals surface area contributed by atoms with Crippen molar-refractivity contribution in [3.8, 4) is 0 Å². The number of aliphatic hydroxyl groups excluding tert-OH is 1. The summed E-state index contributed by atoms with van der Waals surface area (Å²) < 4.78 is 19.6. The van der Waals surface area contributed by atoms with Gasteiger partial charge in [0.15, 0.2) is 5.72 Å². The maximum atomic E-state index is 13.9. The zero-order valence-electron chi connectivity index (χ0n) is 11.6. The molecule has 110 valence electrons. The van der Waals surface area contributed by atoms with Crippen LogP contribution in [0.15, 0.2) is 54.4 Å². The second-order valence-electron chi connectivity index (χ2n) is 5.31. The minimum Gasteiger partial charge on any atom is -0.382 e. The molecule has 0 radical (unpaired) electrons. The molecule has 1 aromatic carbocycles. The van der Waals surface area contributed by atoms with Crippen LogP contribution in [-0.2, 0) is 9.53 Å². The zero-order chi connectivity index (χ0) is 15.0. The molecular formula is C16H16FNO3. The van der Waals surface area contributed by atoms with Crippen LogP contribution >= 0.6 is 0 Å². The first kappa shape index (κ1) is 14.0. The van der Waals surface area contributed by atoms with Crippen LogP contribution in [0.4, 0.5) is 10.1 Å². The first-order valence-corrected chi connectivity index (χ1v) is 6.82. The molecule has 1 spiro atoms. The molecular weight excluding hydrogens is 273 g/mol. The van der Waals surface area contributed by atoms with Gasteiger partial charge in [0.1, 0.15) is 11.9 Å². The molecule has 0 aromatic heterocycles. The summed E-state index contributed by atoms with van der Waals surface area (Å²) >= 11 is 0. The fourth-order valence-corrected chi connectivity index (χ4v) is 2.57. The van der Waals surface area contributed by atoms with Crippen molar-refractivity contribution in [3.05, 3.63) is 54.4 Å². The lowest BCUT2D eigenvalue weighted by molar-refractivity contribution is -0.136. The minimum absolute atomic E-state index is 0.141. The van der Waals surface area contributed by atoms with Crippen molar-refractivity contribution < 1.29 is 19.0 Å². The highest BCUT2D eigenvalue weighted by Crippen LogP contribution is 2.37. The Morgan fingerprint density at radius 3 is 2.76 bits per heavy atom. The molecule has 3 rings (SSSR count). The van der Waals surface area contributed by atoms with Crippen LogP contribution in [-0.4, -0.2) is 29.4 Å². The Bertz CT molecular complexity index is 613. The normalized spacial score (nSPS) is 32.4. The third-order valence-electron chi connectivity index (χ3n) is 3.71. The van der Waals surface area contributed by atoms with Gasteiger partial charge >= 0.3 is 0 Å². The summed E-state index contributed by atoms with van der Waals surface area (Å²) in [5, 5.41) is 9.48. The van der Waals surface area contributed by atoms with Gasteiger partial charge in [-0.25, -0.2) is 4.39 Å². The molecule has 0 bridgehead atoms. The molecule has 1 aromatic rings. The molecule has 21 heavy (non-hydrogen) atoms. The summed E-state index contributed by atoms with van der Waals surface area (Å²) in [5.41, 5.74) is -0.687. The SMILES string of the molecule is CC1COC2(C=CC(O)C(F)=C2)N(c2ccccc2)C1=O. The summed E-state index contributed by atoms with van der Waals surface area (Å²) in [4.78, 5) is 14.0. The average molecular weight is 289 g/mol. The maximum Gasteiger partial charge on any atom is 0.234 e. The molecule has 5 heteroatoms. The standard InChI is InChI=1S/C16H16FNO3/c1-11-10-21-16(8-7-14(19)13(17)9-16)18(15(11)20)12-5-3-2-4-6-12/h2-9,11,14,19H,10H2,1H3. The topological polar surface area (TPSA) is 49.8 Å². The van der Waals surface area contributed by atoms with E-state index in [1.165, 1.54) is 17.1 Å². The second-order valence-corrected chi connectivity index (χ2v) is 5.31. The van der Waals surface area contributed by atoms with Crippen molar-refractivity contribution in [1.82, 2.24) is 0 Å². The van der Waals surface area contributed by atoms with E-state index in [0.29, 0.717) is 5.69 Å². The number of carbonyl (C=O) groups excluding carboxylic acids is 1. The summed E-state index contributed by atoms with van der Waals surface area (Å²) in [5.74, 6) is -1.18. The van der Waals surface area contributed by atoms with Crippen molar-refractivity contribution in [2.75, 3.05) is 11.5 Å². The quantitative estimate of drug-likeness (QED) is 0.806. The van der Waals surface area contributed by atoms with Crippen molar-refractivity contribution in [1.29, 1.82) is 0 Å². The van der Waals surface area contributed by atoms with E-state index in [2.05, 4.69) is 0 Å². The molecule has 1 saturated heterocycles. The first-order chi connectivity index (χ1) is 10.0. The van der Waals surface area contributed by atoms with Gasteiger partial charge in [0, 0.05) is 11.8 Å². The Balaban J connectivity index is 2.10. The smallest absolute Gasteiger partial charge is 0.234 e. The molecule has 1 aliphatic carbocycles. The van der Waals surface area contributed by atoms with Crippen LogP contribution in [0.25, 0.3) is 0 Å². The van der Waals surface area contributed by atoms with Gasteiger partial charge in [0.05, 0.1) is 12.5 Å². The van der Waals surface area contributed by atoms with E-state index in [1.807, 2.05) is 6.07 Å². The number of ether oxygens (including phenoxy) is 1. The lowest BCUT2D eigenvalue weighted by atomic mass is 9.96. The number of para-hydroxylation sites is 1. The van der Waals surface area contributed by atoms with Gasteiger partial charge in [-0.05, 0) is 24.3 Å². The highest BCUT2D eigenvalue weighted by atomic mass is 19.1. The Labute approximate surface area is 122 Å². The molecule has 0 saturated carbocycles. The highest BCUT2D eigenvalue weighted by Gasteiger charge is 2.46. The lowest BCUT2D eigenvalue weighted by Gasteiger charge is -2.46. The van der Waals surface area contributed by atoms with Crippen LogP contribution in [0, 0.1) is 5.92 Å². The number of hydrogen-bond acceptors (Lipinski definition) is 3. The number of carbonyl (C=O) groups is 1. The molecule has 2 aliphatic rings. The van der Waals surface area contributed by atoms with E-state index < -0.39 is 17.7 Å². The van der Waals surface area contributed by atoms with Crippen molar-refractivity contribution >= 4 is 11.6 Å². The third-order valence-corrected chi connectivity index (χ3v) is 3.71. The number of amides is 1. The zero-order valence-corrected chi connectivity index (χ0v) is 11.6. The van der Waals surface area contributed by atoms with Gasteiger partial charge in [0.2, 0.25) is 5.91 Å². The fraction of sp³-hybridized carbons (Fsp3) is 0.312. The van der Waals surface area contributed by atoms with Crippen LogP contribution in [0.2, 0.25) is 0 Å². The van der Waals surface area contributed by atoms with Crippen molar-refractivity contribution in [2.24, 2.45) is 5.92 Å². The molecule has 1 aliphatic heterocycles. The molecule has 3 atom stereocenters. The largest absolute Gasteiger partial charge is 0.382 e. The lowest BCUT2D eigenvalue weighted by Crippen LogP contribution is -2.59. The van der Waals surface area contributed by atoms with Gasteiger partial charge in [-0.2, -0.15) is 0 Å². The Morgan fingerprint density at radius 1 is 1.38 bits per heavy atom. The molecule has 4 nitrogen and oxygen atoms in total.